The van der Waals surface area contributed by atoms with E-state index in [4.69, 9.17) is 23.2 Å². The Hall–Kier alpha value is -0.990. The molecule has 1 heterocycles. The first-order valence-corrected chi connectivity index (χ1v) is 6.57. The molecule has 0 bridgehead atoms. The van der Waals surface area contributed by atoms with Crippen molar-refractivity contribution in [3.05, 3.63) is 45.7 Å². The van der Waals surface area contributed by atoms with Gasteiger partial charge in [0.2, 0.25) is 0 Å². The molecule has 0 aliphatic rings. The zero-order chi connectivity index (χ0) is 13.5. The maximum atomic E-state index is 6.24. The van der Waals surface area contributed by atoms with Crippen LogP contribution in [-0.2, 0) is 5.41 Å². The van der Waals surface area contributed by atoms with Crippen LogP contribution in [0.4, 0.5) is 0 Å². The van der Waals surface area contributed by atoms with E-state index in [1.54, 1.807) is 4.68 Å². The second-order valence-electron chi connectivity index (χ2n) is 5.45. The van der Waals surface area contributed by atoms with Gasteiger partial charge >= 0.3 is 0 Å². The summed E-state index contributed by atoms with van der Waals surface area (Å²) in [5.74, 6) is 0. The summed E-state index contributed by atoms with van der Waals surface area (Å²) in [5.41, 5.74) is 2.86. The second-order valence-corrected chi connectivity index (χ2v) is 6.24. The molecular formula is C14H16Cl2N2. The highest BCUT2D eigenvalue weighted by Crippen LogP contribution is 2.27. The molecule has 0 aliphatic heterocycles. The standard InChI is InChI=1S/C14H16Cl2N2/c1-9-5-6-10(7-11(9)15)18-13(16)8-12(17-18)14(2,3)4/h5-8H,1-4H3. The van der Waals surface area contributed by atoms with Gasteiger partial charge in [-0.05, 0) is 30.7 Å². The number of nitrogens with zero attached hydrogens (tertiary/aromatic N) is 2. The zero-order valence-corrected chi connectivity index (χ0v) is 12.5. The molecule has 0 N–H and O–H groups in total. The average Bonchev–Trinajstić information content (AvgIpc) is 2.64. The van der Waals surface area contributed by atoms with Crippen molar-refractivity contribution in [2.24, 2.45) is 0 Å². The van der Waals surface area contributed by atoms with Gasteiger partial charge in [0.15, 0.2) is 0 Å². The van der Waals surface area contributed by atoms with Crippen molar-refractivity contribution in [1.29, 1.82) is 0 Å². The lowest BCUT2D eigenvalue weighted by Crippen LogP contribution is -2.12. The van der Waals surface area contributed by atoms with Gasteiger partial charge in [-0.25, -0.2) is 4.68 Å². The summed E-state index contributed by atoms with van der Waals surface area (Å²) in [7, 11) is 0. The van der Waals surface area contributed by atoms with Gasteiger partial charge in [-0.3, -0.25) is 0 Å². The van der Waals surface area contributed by atoms with Crippen LogP contribution in [-0.4, -0.2) is 9.78 Å². The van der Waals surface area contributed by atoms with Crippen molar-refractivity contribution in [3.63, 3.8) is 0 Å². The predicted molar refractivity (Wildman–Crippen MR) is 77.0 cm³/mol. The number of hydrogen-bond acceptors (Lipinski definition) is 1. The van der Waals surface area contributed by atoms with Gasteiger partial charge in [-0.15, -0.1) is 0 Å². The van der Waals surface area contributed by atoms with Crippen LogP contribution in [0.1, 0.15) is 32.0 Å². The summed E-state index contributed by atoms with van der Waals surface area (Å²) < 4.78 is 1.72. The van der Waals surface area contributed by atoms with Gasteiger partial charge in [0.1, 0.15) is 5.15 Å². The van der Waals surface area contributed by atoms with Crippen LogP contribution in [0.15, 0.2) is 24.3 Å². The first-order valence-electron chi connectivity index (χ1n) is 5.81. The molecule has 4 heteroatoms. The van der Waals surface area contributed by atoms with Crippen molar-refractivity contribution in [1.82, 2.24) is 9.78 Å². The Balaban J connectivity index is 2.51. The topological polar surface area (TPSA) is 17.8 Å². The highest BCUT2D eigenvalue weighted by Gasteiger charge is 2.19. The van der Waals surface area contributed by atoms with E-state index in [0.717, 1.165) is 22.0 Å². The molecule has 2 aromatic rings. The number of aryl methyl sites for hydroxylation is 1. The van der Waals surface area contributed by atoms with Crippen LogP contribution >= 0.6 is 23.2 Å². The Labute approximate surface area is 118 Å². The molecule has 96 valence electrons. The van der Waals surface area contributed by atoms with Crippen molar-refractivity contribution >= 4 is 23.2 Å². The largest absolute Gasteiger partial charge is 0.222 e. The maximum absolute atomic E-state index is 6.24. The molecule has 2 rings (SSSR count). The molecule has 1 aromatic carbocycles. The fraction of sp³-hybridized carbons (Fsp3) is 0.357. The fourth-order valence-electron chi connectivity index (χ4n) is 1.62. The van der Waals surface area contributed by atoms with Gasteiger partial charge in [0.05, 0.1) is 11.4 Å². The van der Waals surface area contributed by atoms with Crippen LogP contribution in [0.3, 0.4) is 0 Å². The third kappa shape index (κ3) is 2.55. The van der Waals surface area contributed by atoms with E-state index in [0.29, 0.717) is 5.15 Å². The molecule has 0 spiro atoms. The molecule has 2 nitrogen and oxygen atoms in total. The van der Waals surface area contributed by atoms with E-state index in [-0.39, 0.29) is 5.41 Å². The predicted octanol–water partition coefficient (Wildman–Crippen LogP) is 4.79. The van der Waals surface area contributed by atoms with Gasteiger partial charge < -0.3 is 0 Å². The van der Waals surface area contributed by atoms with E-state index >= 15 is 0 Å². The van der Waals surface area contributed by atoms with Crippen molar-refractivity contribution in [2.45, 2.75) is 33.1 Å². The van der Waals surface area contributed by atoms with Gasteiger partial charge in [-0.2, -0.15) is 5.10 Å². The Morgan fingerprint density at radius 3 is 2.28 bits per heavy atom. The van der Waals surface area contributed by atoms with Crippen LogP contribution < -0.4 is 0 Å². The minimum absolute atomic E-state index is 0.0244. The fourth-order valence-corrected chi connectivity index (χ4v) is 2.03. The lowest BCUT2D eigenvalue weighted by atomic mass is 9.93. The van der Waals surface area contributed by atoms with E-state index in [2.05, 4.69) is 25.9 Å². The molecule has 0 radical (unpaired) electrons. The molecule has 0 amide bonds. The molecule has 0 atom stereocenters. The average molecular weight is 283 g/mol. The quantitative estimate of drug-likeness (QED) is 0.736. The van der Waals surface area contributed by atoms with Gasteiger partial charge in [-0.1, -0.05) is 50.0 Å². The molecule has 0 aliphatic carbocycles. The molecule has 0 saturated heterocycles. The molecule has 0 fully saturated rings. The lowest BCUT2D eigenvalue weighted by Gasteiger charge is -2.14. The highest BCUT2D eigenvalue weighted by atomic mass is 35.5. The number of aromatic nitrogens is 2. The van der Waals surface area contributed by atoms with E-state index < -0.39 is 0 Å². The lowest BCUT2D eigenvalue weighted by molar-refractivity contribution is 0.560. The maximum Gasteiger partial charge on any atom is 0.133 e. The summed E-state index contributed by atoms with van der Waals surface area (Å²) >= 11 is 12.4. The molecule has 1 aromatic heterocycles. The zero-order valence-electron chi connectivity index (χ0n) is 11.0. The first kappa shape index (κ1) is 13.4. The third-order valence-electron chi connectivity index (χ3n) is 2.83. The van der Waals surface area contributed by atoms with Crippen LogP contribution in [0.5, 0.6) is 0 Å². The number of rotatable bonds is 1. The van der Waals surface area contributed by atoms with Crippen molar-refractivity contribution < 1.29 is 0 Å². The highest BCUT2D eigenvalue weighted by molar-refractivity contribution is 6.31. The van der Waals surface area contributed by atoms with E-state index in [9.17, 15) is 0 Å². The summed E-state index contributed by atoms with van der Waals surface area (Å²) in [6.07, 6.45) is 0. The number of halogens is 2. The van der Waals surface area contributed by atoms with E-state index in [1.165, 1.54) is 0 Å². The smallest absolute Gasteiger partial charge is 0.133 e. The van der Waals surface area contributed by atoms with Gasteiger partial charge in [0, 0.05) is 10.4 Å². The first-order chi connectivity index (χ1) is 8.29. The number of hydrogen-bond donors (Lipinski definition) is 0. The van der Waals surface area contributed by atoms with Crippen LogP contribution in [0.2, 0.25) is 10.2 Å². The SMILES string of the molecule is Cc1ccc(-n2nc(C(C)(C)C)cc2Cl)cc1Cl. The van der Waals surface area contributed by atoms with Crippen LogP contribution in [0, 0.1) is 6.92 Å². The Morgan fingerprint density at radius 1 is 1.11 bits per heavy atom. The molecule has 0 unspecified atom stereocenters. The summed E-state index contributed by atoms with van der Waals surface area (Å²) in [5, 5.41) is 5.86. The minimum Gasteiger partial charge on any atom is -0.222 e. The van der Waals surface area contributed by atoms with Gasteiger partial charge in [0.25, 0.3) is 0 Å². The third-order valence-corrected chi connectivity index (χ3v) is 3.51. The summed E-state index contributed by atoms with van der Waals surface area (Å²) in [4.78, 5) is 0. The monoisotopic (exact) mass is 282 g/mol. The van der Waals surface area contributed by atoms with Crippen molar-refractivity contribution in [3.8, 4) is 5.69 Å². The minimum atomic E-state index is -0.0244. The Kier molecular flexibility index (Phi) is 3.43. The number of benzene rings is 1. The summed E-state index contributed by atoms with van der Waals surface area (Å²) in [6, 6.07) is 7.70. The summed E-state index contributed by atoms with van der Waals surface area (Å²) in [6.45, 7) is 8.30. The normalized spacial score (nSPS) is 11.9. The van der Waals surface area contributed by atoms with E-state index in [1.807, 2.05) is 31.2 Å². The van der Waals surface area contributed by atoms with Crippen LogP contribution in [0.25, 0.3) is 5.69 Å². The molecular weight excluding hydrogens is 267 g/mol. The Bertz CT molecular complexity index is 580. The molecule has 0 saturated carbocycles. The van der Waals surface area contributed by atoms with Crippen molar-refractivity contribution in [2.75, 3.05) is 0 Å². The Morgan fingerprint density at radius 2 is 1.78 bits per heavy atom. The molecule has 18 heavy (non-hydrogen) atoms. The second kappa shape index (κ2) is 4.60.